The van der Waals surface area contributed by atoms with Crippen LogP contribution in [0.25, 0.3) is 0 Å². The number of hydrogen-bond donors (Lipinski definition) is 1. The van der Waals surface area contributed by atoms with Crippen LogP contribution in [-0.2, 0) is 16.1 Å². The van der Waals surface area contributed by atoms with Crippen molar-refractivity contribution in [3.63, 3.8) is 0 Å². The average Bonchev–Trinajstić information content (AvgIpc) is 2.88. The first kappa shape index (κ1) is 11.1. The molecule has 2 rings (SSSR count). The number of nitrogens with one attached hydrogen (secondary N) is 1. The van der Waals surface area contributed by atoms with Crippen LogP contribution >= 0.6 is 11.3 Å². The van der Waals surface area contributed by atoms with Gasteiger partial charge in [0, 0.05) is 18.8 Å². The number of aromatic nitrogens is 1. The number of thiazole rings is 1. The number of likely N-dealkylation sites (N-methyl/N-ethyl adjacent to an activating group) is 1. The molecule has 1 aliphatic heterocycles. The number of amides is 2. The van der Waals surface area contributed by atoms with E-state index in [1.165, 1.54) is 16.2 Å². The molecule has 1 fully saturated rings. The molecule has 2 amide bonds. The maximum atomic E-state index is 11.8. The zero-order chi connectivity index (χ0) is 11.5. The zero-order valence-corrected chi connectivity index (χ0v) is 9.79. The van der Waals surface area contributed by atoms with Gasteiger partial charge in [0.1, 0.15) is 6.04 Å². The van der Waals surface area contributed by atoms with Gasteiger partial charge in [-0.2, -0.15) is 0 Å². The molecule has 5 nitrogen and oxygen atoms in total. The van der Waals surface area contributed by atoms with Crippen molar-refractivity contribution in [3.05, 3.63) is 16.6 Å². The Morgan fingerprint density at radius 3 is 3.12 bits per heavy atom. The molecule has 2 heterocycles. The molecule has 0 spiro atoms. The van der Waals surface area contributed by atoms with E-state index in [0.29, 0.717) is 19.4 Å². The van der Waals surface area contributed by atoms with Gasteiger partial charge < -0.3 is 10.2 Å². The quantitative estimate of drug-likeness (QED) is 0.829. The van der Waals surface area contributed by atoms with Crippen LogP contribution in [0, 0.1) is 0 Å². The third-order valence-corrected chi connectivity index (χ3v) is 3.36. The van der Waals surface area contributed by atoms with Crippen LogP contribution in [0.2, 0.25) is 0 Å². The Kier molecular flexibility index (Phi) is 3.19. The van der Waals surface area contributed by atoms with Gasteiger partial charge in [-0.05, 0) is 6.42 Å². The first-order valence-corrected chi connectivity index (χ1v) is 6.03. The summed E-state index contributed by atoms with van der Waals surface area (Å²) in [6.07, 6.45) is 1.07. The Labute approximate surface area is 97.5 Å². The van der Waals surface area contributed by atoms with E-state index in [4.69, 9.17) is 0 Å². The number of carbonyl (C=O) groups excluding carboxylic acids is 2. The Morgan fingerprint density at radius 1 is 1.75 bits per heavy atom. The van der Waals surface area contributed by atoms with Gasteiger partial charge in [-0.25, -0.2) is 4.98 Å². The van der Waals surface area contributed by atoms with E-state index in [1.807, 2.05) is 5.38 Å². The topological polar surface area (TPSA) is 62.3 Å². The van der Waals surface area contributed by atoms with Crippen LogP contribution in [0.3, 0.4) is 0 Å². The normalized spacial score (nSPS) is 20.2. The number of carbonyl (C=O) groups is 2. The van der Waals surface area contributed by atoms with Crippen molar-refractivity contribution in [3.8, 4) is 0 Å². The minimum atomic E-state index is -0.314. The third-order valence-electron chi connectivity index (χ3n) is 2.72. The fourth-order valence-corrected chi connectivity index (χ4v) is 2.29. The van der Waals surface area contributed by atoms with Crippen LogP contribution < -0.4 is 5.32 Å². The van der Waals surface area contributed by atoms with E-state index < -0.39 is 0 Å². The van der Waals surface area contributed by atoms with Crippen molar-refractivity contribution < 1.29 is 9.59 Å². The molecule has 0 aliphatic carbocycles. The van der Waals surface area contributed by atoms with Gasteiger partial charge in [0.05, 0.1) is 17.7 Å². The van der Waals surface area contributed by atoms with Crippen LogP contribution in [0.1, 0.15) is 18.5 Å². The lowest BCUT2D eigenvalue weighted by atomic mass is 10.2. The summed E-state index contributed by atoms with van der Waals surface area (Å²) >= 11 is 1.50. The number of rotatable bonds is 3. The Hall–Kier alpha value is -1.43. The summed E-state index contributed by atoms with van der Waals surface area (Å²) in [5, 5.41) is 4.68. The molecule has 16 heavy (non-hydrogen) atoms. The smallest absolute Gasteiger partial charge is 0.243 e. The molecule has 1 N–H and O–H groups in total. The lowest BCUT2D eigenvalue weighted by Gasteiger charge is -2.18. The van der Waals surface area contributed by atoms with Gasteiger partial charge in [-0.3, -0.25) is 9.59 Å². The van der Waals surface area contributed by atoms with Crippen molar-refractivity contribution in [2.24, 2.45) is 0 Å². The highest BCUT2D eigenvalue weighted by Crippen LogP contribution is 2.16. The highest BCUT2D eigenvalue weighted by atomic mass is 32.1. The summed E-state index contributed by atoms with van der Waals surface area (Å²) in [6.45, 7) is 0.431. The highest BCUT2D eigenvalue weighted by Gasteiger charge is 2.32. The van der Waals surface area contributed by atoms with Crippen molar-refractivity contribution >= 4 is 23.2 Å². The third kappa shape index (κ3) is 2.21. The summed E-state index contributed by atoms with van der Waals surface area (Å²) in [5.41, 5.74) is 2.58. The zero-order valence-electron chi connectivity index (χ0n) is 8.97. The second-order valence-corrected chi connectivity index (χ2v) is 4.48. The number of likely N-dealkylation sites (tertiary alicyclic amines) is 1. The predicted octanol–water partition coefficient (Wildman–Crippen LogP) is 0.380. The molecule has 86 valence electrons. The van der Waals surface area contributed by atoms with Crippen molar-refractivity contribution in [1.82, 2.24) is 15.2 Å². The summed E-state index contributed by atoms with van der Waals surface area (Å²) < 4.78 is 0. The molecule has 6 heteroatoms. The van der Waals surface area contributed by atoms with Crippen LogP contribution in [0.4, 0.5) is 0 Å². The van der Waals surface area contributed by atoms with Gasteiger partial charge in [0.15, 0.2) is 0 Å². The monoisotopic (exact) mass is 239 g/mol. The summed E-state index contributed by atoms with van der Waals surface area (Å²) in [5.74, 6) is -0.0600. The molecule has 0 saturated carbocycles. The molecule has 1 saturated heterocycles. The fourth-order valence-electron chi connectivity index (χ4n) is 1.73. The Balaban J connectivity index is 1.87. The molecule has 1 aromatic heterocycles. The van der Waals surface area contributed by atoms with Gasteiger partial charge in [-0.1, -0.05) is 0 Å². The predicted molar refractivity (Wildman–Crippen MR) is 59.8 cm³/mol. The van der Waals surface area contributed by atoms with Crippen LogP contribution in [0.15, 0.2) is 10.9 Å². The maximum absolute atomic E-state index is 11.8. The van der Waals surface area contributed by atoms with E-state index in [1.54, 1.807) is 12.6 Å². The first-order chi connectivity index (χ1) is 7.68. The van der Waals surface area contributed by atoms with E-state index in [2.05, 4.69) is 10.3 Å². The van der Waals surface area contributed by atoms with Crippen LogP contribution in [0.5, 0.6) is 0 Å². The van der Waals surface area contributed by atoms with Gasteiger partial charge in [-0.15, -0.1) is 11.3 Å². The van der Waals surface area contributed by atoms with E-state index in [-0.39, 0.29) is 17.9 Å². The molecular weight excluding hydrogens is 226 g/mol. The molecule has 1 aromatic rings. The van der Waals surface area contributed by atoms with Crippen molar-refractivity contribution in [2.45, 2.75) is 25.4 Å². The molecule has 1 atom stereocenters. The summed E-state index contributed by atoms with van der Waals surface area (Å²) in [6, 6.07) is -0.314. The second kappa shape index (κ2) is 4.61. The van der Waals surface area contributed by atoms with Crippen molar-refractivity contribution in [1.29, 1.82) is 0 Å². The molecule has 0 aromatic carbocycles. The van der Waals surface area contributed by atoms with E-state index >= 15 is 0 Å². The van der Waals surface area contributed by atoms with Gasteiger partial charge >= 0.3 is 0 Å². The lowest BCUT2D eigenvalue weighted by molar-refractivity contribution is -0.133. The number of hydrogen-bond acceptors (Lipinski definition) is 4. The SMILES string of the molecule is CN1C(=O)CCC1C(=O)NCc1cscn1. The van der Waals surface area contributed by atoms with Crippen LogP contribution in [-0.4, -0.2) is 34.8 Å². The minimum absolute atomic E-state index is 0.0359. The van der Waals surface area contributed by atoms with E-state index in [9.17, 15) is 9.59 Å². The largest absolute Gasteiger partial charge is 0.349 e. The number of nitrogens with zero attached hydrogens (tertiary/aromatic N) is 2. The Bertz CT molecular complexity index is 391. The molecule has 1 unspecified atom stereocenters. The van der Waals surface area contributed by atoms with E-state index in [0.717, 1.165) is 5.69 Å². The molecular formula is C10H13N3O2S. The van der Waals surface area contributed by atoms with Crippen molar-refractivity contribution in [2.75, 3.05) is 7.05 Å². The molecule has 0 radical (unpaired) electrons. The second-order valence-electron chi connectivity index (χ2n) is 3.76. The molecule has 1 aliphatic rings. The first-order valence-electron chi connectivity index (χ1n) is 5.09. The highest BCUT2D eigenvalue weighted by molar-refractivity contribution is 7.07. The summed E-state index contributed by atoms with van der Waals surface area (Å²) in [7, 11) is 1.67. The molecule has 0 bridgehead atoms. The minimum Gasteiger partial charge on any atom is -0.349 e. The lowest BCUT2D eigenvalue weighted by Crippen LogP contribution is -2.42. The maximum Gasteiger partial charge on any atom is 0.243 e. The fraction of sp³-hybridized carbons (Fsp3) is 0.500. The average molecular weight is 239 g/mol. The summed E-state index contributed by atoms with van der Waals surface area (Å²) in [4.78, 5) is 28.6. The van der Waals surface area contributed by atoms with Gasteiger partial charge in [0.25, 0.3) is 0 Å². The van der Waals surface area contributed by atoms with Gasteiger partial charge in [0.2, 0.25) is 11.8 Å². The Morgan fingerprint density at radius 2 is 2.56 bits per heavy atom. The standard InChI is InChI=1S/C10H13N3O2S/c1-13-8(2-3-9(13)14)10(15)11-4-7-5-16-6-12-7/h5-6,8H,2-4H2,1H3,(H,11,15).